The second-order valence-electron chi connectivity index (χ2n) is 8.68. The van der Waals surface area contributed by atoms with Crippen LogP contribution in [-0.2, 0) is 11.2 Å². The molecule has 1 unspecified atom stereocenters. The van der Waals surface area contributed by atoms with Crippen LogP contribution < -0.4 is 4.74 Å². The molecule has 1 aromatic rings. The van der Waals surface area contributed by atoms with Gasteiger partial charge in [0.25, 0.3) is 0 Å². The SMILES string of the molecule is C[C@]12CC[C@@H]3c4ccc(OCC5CO5)cc4CC[C@H]3[C@@H]1CC[C@H]2O. The van der Waals surface area contributed by atoms with Crippen molar-refractivity contribution in [2.75, 3.05) is 13.2 Å². The summed E-state index contributed by atoms with van der Waals surface area (Å²) in [6.07, 6.45) is 7.31. The average Bonchev–Trinajstić information content (AvgIpc) is 3.37. The molecule has 6 atom stereocenters. The lowest BCUT2D eigenvalue weighted by Gasteiger charge is -2.50. The predicted molar refractivity (Wildman–Crippen MR) is 92.3 cm³/mol. The van der Waals surface area contributed by atoms with Gasteiger partial charge >= 0.3 is 0 Å². The summed E-state index contributed by atoms with van der Waals surface area (Å²) in [6.45, 7) is 3.88. The van der Waals surface area contributed by atoms with E-state index in [0.717, 1.165) is 31.1 Å². The van der Waals surface area contributed by atoms with Gasteiger partial charge in [-0.25, -0.2) is 0 Å². The maximum atomic E-state index is 10.5. The molecule has 3 nitrogen and oxygen atoms in total. The minimum absolute atomic E-state index is 0.0785. The molecule has 130 valence electrons. The second-order valence-corrected chi connectivity index (χ2v) is 8.68. The van der Waals surface area contributed by atoms with Crippen LogP contribution in [0, 0.1) is 17.3 Å². The monoisotopic (exact) mass is 328 g/mol. The number of epoxide rings is 1. The predicted octanol–water partition coefficient (Wildman–Crippen LogP) is 3.68. The highest BCUT2D eigenvalue weighted by atomic mass is 16.6. The second kappa shape index (κ2) is 5.47. The van der Waals surface area contributed by atoms with Crippen LogP contribution in [-0.4, -0.2) is 30.5 Å². The van der Waals surface area contributed by atoms with Crippen molar-refractivity contribution in [3.05, 3.63) is 29.3 Å². The van der Waals surface area contributed by atoms with E-state index in [9.17, 15) is 5.11 Å². The molecule has 0 bridgehead atoms. The van der Waals surface area contributed by atoms with Gasteiger partial charge < -0.3 is 14.6 Å². The van der Waals surface area contributed by atoms with E-state index in [1.54, 1.807) is 5.56 Å². The summed E-state index contributed by atoms with van der Waals surface area (Å²) in [5, 5.41) is 10.5. The molecule has 4 aliphatic rings. The lowest BCUT2D eigenvalue weighted by Crippen LogP contribution is -2.43. The van der Waals surface area contributed by atoms with E-state index in [-0.39, 0.29) is 11.5 Å². The van der Waals surface area contributed by atoms with E-state index in [1.165, 1.54) is 31.2 Å². The number of hydrogen-bond acceptors (Lipinski definition) is 3. The summed E-state index contributed by atoms with van der Waals surface area (Å²) in [6, 6.07) is 6.75. The Labute approximate surface area is 144 Å². The maximum absolute atomic E-state index is 10.5. The van der Waals surface area contributed by atoms with Crippen molar-refractivity contribution in [3.63, 3.8) is 0 Å². The van der Waals surface area contributed by atoms with E-state index in [1.807, 2.05) is 0 Å². The number of aliphatic hydroxyl groups excluding tert-OH is 1. The van der Waals surface area contributed by atoms with Crippen molar-refractivity contribution < 1.29 is 14.6 Å². The van der Waals surface area contributed by atoms with Crippen LogP contribution >= 0.6 is 0 Å². The Balaban J connectivity index is 1.38. The van der Waals surface area contributed by atoms with Gasteiger partial charge in [0.2, 0.25) is 0 Å². The summed E-state index contributed by atoms with van der Waals surface area (Å²) >= 11 is 0. The van der Waals surface area contributed by atoms with E-state index < -0.39 is 0 Å². The molecule has 0 radical (unpaired) electrons. The van der Waals surface area contributed by atoms with E-state index in [0.29, 0.717) is 24.5 Å². The first kappa shape index (κ1) is 15.2. The van der Waals surface area contributed by atoms with E-state index >= 15 is 0 Å². The van der Waals surface area contributed by atoms with Gasteiger partial charge in [-0.1, -0.05) is 13.0 Å². The van der Waals surface area contributed by atoms with Crippen molar-refractivity contribution in [2.45, 2.75) is 63.6 Å². The molecule has 2 saturated carbocycles. The van der Waals surface area contributed by atoms with Crippen LogP contribution in [0.5, 0.6) is 5.75 Å². The van der Waals surface area contributed by atoms with Crippen LogP contribution in [0.25, 0.3) is 0 Å². The van der Waals surface area contributed by atoms with Crippen LogP contribution in [0.3, 0.4) is 0 Å². The minimum Gasteiger partial charge on any atom is -0.491 e. The van der Waals surface area contributed by atoms with Gasteiger partial charge in [-0.15, -0.1) is 0 Å². The fourth-order valence-corrected chi connectivity index (χ4v) is 5.97. The Kier molecular flexibility index (Phi) is 3.47. The lowest BCUT2D eigenvalue weighted by atomic mass is 9.55. The quantitative estimate of drug-likeness (QED) is 0.861. The molecule has 0 aromatic heterocycles. The molecule has 0 spiro atoms. The smallest absolute Gasteiger partial charge is 0.119 e. The number of aryl methyl sites for hydroxylation is 1. The first-order valence-corrected chi connectivity index (χ1v) is 9.70. The van der Waals surface area contributed by atoms with Gasteiger partial charge in [-0.05, 0) is 85.0 Å². The first-order chi connectivity index (χ1) is 11.6. The maximum Gasteiger partial charge on any atom is 0.119 e. The van der Waals surface area contributed by atoms with Gasteiger partial charge in [0.05, 0.1) is 12.7 Å². The molecule has 3 fully saturated rings. The standard InChI is InChI=1S/C21H28O3/c1-21-9-8-17-16-5-3-14(23-11-15-12-24-15)10-13(16)2-4-18(17)19(21)6-7-20(21)22/h3,5,10,15,17-20,22H,2,4,6-9,11-12H2,1H3/t15?,17-,18-,19+,20-,21+/m1/s1. The summed E-state index contributed by atoms with van der Waals surface area (Å²) in [7, 11) is 0. The van der Waals surface area contributed by atoms with Crippen molar-refractivity contribution in [3.8, 4) is 5.75 Å². The third-order valence-corrected chi connectivity index (χ3v) is 7.49. The average molecular weight is 328 g/mol. The Bertz CT molecular complexity index is 638. The highest BCUT2D eigenvalue weighted by Crippen LogP contribution is 2.60. The fourth-order valence-electron chi connectivity index (χ4n) is 5.97. The lowest BCUT2D eigenvalue weighted by molar-refractivity contribution is -0.0226. The Morgan fingerprint density at radius 1 is 1.25 bits per heavy atom. The number of rotatable bonds is 3. The van der Waals surface area contributed by atoms with Crippen molar-refractivity contribution in [2.24, 2.45) is 17.3 Å². The Hall–Kier alpha value is -1.06. The molecule has 1 aliphatic heterocycles. The highest BCUT2D eigenvalue weighted by Gasteiger charge is 2.54. The molecule has 1 saturated heterocycles. The molecular formula is C21H28O3. The summed E-state index contributed by atoms with van der Waals surface area (Å²) in [5.41, 5.74) is 3.23. The molecule has 1 heterocycles. The van der Waals surface area contributed by atoms with E-state index in [4.69, 9.17) is 9.47 Å². The minimum atomic E-state index is -0.0785. The van der Waals surface area contributed by atoms with Crippen LogP contribution in [0.4, 0.5) is 0 Å². The summed E-state index contributed by atoms with van der Waals surface area (Å²) in [4.78, 5) is 0. The fraction of sp³-hybridized carbons (Fsp3) is 0.714. The normalized spacial score (nSPS) is 42.8. The number of aliphatic hydroxyl groups is 1. The zero-order valence-corrected chi connectivity index (χ0v) is 14.5. The number of hydrogen-bond donors (Lipinski definition) is 1. The van der Waals surface area contributed by atoms with Gasteiger partial charge in [0.1, 0.15) is 18.5 Å². The van der Waals surface area contributed by atoms with Gasteiger partial charge in [-0.3, -0.25) is 0 Å². The molecule has 3 aliphatic carbocycles. The molecule has 5 rings (SSSR count). The summed E-state index contributed by atoms with van der Waals surface area (Å²) in [5.74, 6) is 3.17. The Morgan fingerprint density at radius 3 is 2.96 bits per heavy atom. The van der Waals surface area contributed by atoms with Crippen LogP contribution in [0.15, 0.2) is 18.2 Å². The molecule has 0 amide bonds. The van der Waals surface area contributed by atoms with Crippen molar-refractivity contribution in [1.82, 2.24) is 0 Å². The molecule has 1 N–H and O–H groups in total. The number of benzene rings is 1. The van der Waals surface area contributed by atoms with E-state index in [2.05, 4.69) is 25.1 Å². The first-order valence-electron chi connectivity index (χ1n) is 9.70. The van der Waals surface area contributed by atoms with Gasteiger partial charge in [0.15, 0.2) is 0 Å². The summed E-state index contributed by atoms with van der Waals surface area (Å²) < 4.78 is 11.1. The Morgan fingerprint density at radius 2 is 2.12 bits per heavy atom. The number of fused-ring (bicyclic) bond motifs is 5. The van der Waals surface area contributed by atoms with Crippen molar-refractivity contribution in [1.29, 1.82) is 0 Å². The van der Waals surface area contributed by atoms with Gasteiger partial charge in [-0.2, -0.15) is 0 Å². The zero-order chi connectivity index (χ0) is 16.3. The van der Waals surface area contributed by atoms with Crippen LogP contribution in [0.2, 0.25) is 0 Å². The highest BCUT2D eigenvalue weighted by molar-refractivity contribution is 5.40. The third kappa shape index (κ3) is 2.32. The molecule has 1 aromatic carbocycles. The third-order valence-electron chi connectivity index (χ3n) is 7.49. The largest absolute Gasteiger partial charge is 0.491 e. The van der Waals surface area contributed by atoms with Crippen molar-refractivity contribution >= 4 is 0 Å². The van der Waals surface area contributed by atoms with Crippen LogP contribution in [0.1, 0.15) is 56.1 Å². The molecule has 24 heavy (non-hydrogen) atoms. The topological polar surface area (TPSA) is 42.0 Å². The zero-order valence-electron chi connectivity index (χ0n) is 14.5. The number of ether oxygens (including phenoxy) is 2. The molecule has 3 heteroatoms. The van der Waals surface area contributed by atoms with Gasteiger partial charge in [0, 0.05) is 0 Å². The molecular weight excluding hydrogens is 300 g/mol.